The molecule has 0 fully saturated rings. The molecule has 61 valence electrons. The van der Waals surface area contributed by atoms with Crippen molar-refractivity contribution >= 4 is 5.97 Å². The van der Waals surface area contributed by atoms with Gasteiger partial charge in [-0.1, -0.05) is 11.6 Å². The summed E-state index contributed by atoms with van der Waals surface area (Å²) in [5, 5.41) is 0. The van der Waals surface area contributed by atoms with Crippen LogP contribution in [0, 0.1) is 6.42 Å². The summed E-state index contributed by atoms with van der Waals surface area (Å²) in [6.07, 6.45) is 7.94. The van der Waals surface area contributed by atoms with Crippen molar-refractivity contribution < 1.29 is 9.53 Å². The fourth-order valence-electron chi connectivity index (χ4n) is 0.926. The third-order valence-corrected chi connectivity index (χ3v) is 1.73. The molecular formula is C9H13O2. The molecule has 1 aliphatic rings. The van der Waals surface area contributed by atoms with Crippen LogP contribution >= 0.6 is 0 Å². The van der Waals surface area contributed by atoms with Crippen molar-refractivity contribution in [3.63, 3.8) is 0 Å². The van der Waals surface area contributed by atoms with Crippen molar-refractivity contribution in [3.8, 4) is 0 Å². The molecule has 0 aromatic rings. The van der Waals surface area contributed by atoms with Gasteiger partial charge in [-0.15, -0.1) is 0 Å². The molecule has 1 rings (SSSR count). The lowest BCUT2D eigenvalue weighted by Crippen LogP contribution is -1.98. The number of unbranched alkanes of at least 4 members (excludes halogenated alkanes) is 1. The molecule has 0 aromatic heterocycles. The van der Waals surface area contributed by atoms with Crippen molar-refractivity contribution in [2.75, 3.05) is 7.11 Å². The van der Waals surface area contributed by atoms with E-state index in [1.165, 1.54) is 12.7 Å². The summed E-state index contributed by atoms with van der Waals surface area (Å²) in [6.45, 7) is 0. The zero-order valence-electron chi connectivity index (χ0n) is 6.80. The van der Waals surface area contributed by atoms with Crippen LogP contribution in [0.4, 0.5) is 0 Å². The summed E-state index contributed by atoms with van der Waals surface area (Å²) in [7, 11) is 1.43. The first-order chi connectivity index (χ1) is 5.33. The molecule has 0 amide bonds. The highest BCUT2D eigenvalue weighted by atomic mass is 16.5. The number of carbonyl (C=O) groups is 1. The van der Waals surface area contributed by atoms with Crippen molar-refractivity contribution in [3.05, 3.63) is 18.1 Å². The van der Waals surface area contributed by atoms with Gasteiger partial charge in [-0.2, -0.15) is 0 Å². The molecule has 2 heteroatoms. The predicted molar refractivity (Wildman–Crippen MR) is 42.9 cm³/mol. The largest absolute Gasteiger partial charge is 0.469 e. The summed E-state index contributed by atoms with van der Waals surface area (Å²) < 4.78 is 4.51. The Hall–Kier alpha value is -0.790. The number of esters is 1. The van der Waals surface area contributed by atoms with Crippen molar-refractivity contribution in [1.29, 1.82) is 0 Å². The van der Waals surface area contributed by atoms with Gasteiger partial charge in [0.15, 0.2) is 0 Å². The van der Waals surface area contributed by atoms with Crippen LogP contribution in [0.3, 0.4) is 0 Å². The van der Waals surface area contributed by atoms with Gasteiger partial charge >= 0.3 is 5.97 Å². The van der Waals surface area contributed by atoms with Gasteiger partial charge in [0.25, 0.3) is 0 Å². The van der Waals surface area contributed by atoms with Gasteiger partial charge in [0.05, 0.1) is 7.11 Å². The first kappa shape index (κ1) is 8.31. The molecule has 0 aliphatic heterocycles. The van der Waals surface area contributed by atoms with Crippen LogP contribution in [0.2, 0.25) is 0 Å². The number of hydrogen-bond donors (Lipinski definition) is 0. The average molecular weight is 153 g/mol. The highest BCUT2D eigenvalue weighted by Gasteiger charge is 2.07. The smallest absolute Gasteiger partial charge is 0.305 e. The molecule has 0 aromatic carbocycles. The SMILES string of the molecule is COC(=O)CCCCC1=C[CH]1. The van der Waals surface area contributed by atoms with Crippen LogP contribution in [-0.2, 0) is 9.53 Å². The molecular weight excluding hydrogens is 140 g/mol. The van der Waals surface area contributed by atoms with Gasteiger partial charge in [-0.05, 0) is 19.3 Å². The number of carbonyl (C=O) groups excluding carboxylic acids is 1. The first-order valence-corrected chi connectivity index (χ1v) is 3.93. The fourth-order valence-corrected chi connectivity index (χ4v) is 0.926. The van der Waals surface area contributed by atoms with Crippen LogP contribution in [0.15, 0.2) is 11.6 Å². The molecule has 2 nitrogen and oxygen atoms in total. The minimum Gasteiger partial charge on any atom is -0.469 e. The first-order valence-electron chi connectivity index (χ1n) is 3.93. The summed E-state index contributed by atoms with van der Waals surface area (Å²) in [5.41, 5.74) is 1.43. The molecule has 11 heavy (non-hydrogen) atoms. The Morgan fingerprint density at radius 1 is 1.55 bits per heavy atom. The second-order valence-corrected chi connectivity index (χ2v) is 2.69. The van der Waals surface area contributed by atoms with E-state index in [4.69, 9.17) is 0 Å². The molecule has 0 N–H and O–H groups in total. The Balaban J connectivity index is 1.86. The van der Waals surface area contributed by atoms with E-state index < -0.39 is 0 Å². The van der Waals surface area contributed by atoms with E-state index in [1.807, 2.05) is 0 Å². The third kappa shape index (κ3) is 3.81. The Morgan fingerprint density at radius 2 is 2.27 bits per heavy atom. The molecule has 1 aliphatic carbocycles. The van der Waals surface area contributed by atoms with Crippen molar-refractivity contribution in [2.45, 2.75) is 25.7 Å². The van der Waals surface area contributed by atoms with E-state index in [1.54, 1.807) is 0 Å². The topological polar surface area (TPSA) is 26.3 Å². The lowest BCUT2D eigenvalue weighted by atomic mass is 10.1. The number of methoxy groups -OCH3 is 1. The van der Waals surface area contributed by atoms with E-state index in [0.29, 0.717) is 6.42 Å². The third-order valence-electron chi connectivity index (χ3n) is 1.73. The maximum Gasteiger partial charge on any atom is 0.305 e. The Kier molecular flexibility index (Phi) is 3.14. The summed E-state index contributed by atoms with van der Waals surface area (Å²) >= 11 is 0. The zero-order chi connectivity index (χ0) is 8.10. The van der Waals surface area contributed by atoms with Gasteiger partial charge in [0.2, 0.25) is 0 Å². The van der Waals surface area contributed by atoms with Gasteiger partial charge in [-0.3, -0.25) is 4.79 Å². The van der Waals surface area contributed by atoms with E-state index in [9.17, 15) is 4.79 Å². The monoisotopic (exact) mass is 153 g/mol. The summed E-state index contributed by atoms with van der Waals surface area (Å²) in [4.78, 5) is 10.6. The van der Waals surface area contributed by atoms with Crippen molar-refractivity contribution in [2.24, 2.45) is 0 Å². The van der Waals surface area contributed by atoms with Crippen LogP contribution in [0.25, 0.3) is 0 Å². The van der Waals surface area contributed by atoms with Crippen LogP contribution in [0.1, 0.15) is 25.7 Å². The number of ether oxygens (including phenoxy) is 1. The summed E-state index contributed by atoms with van der Waals surface area (Å²) in [5.74, 6) is -0.0984. The molecule has 0 saturated carbocycles. The minimum atomic E-state index is -0.0984. The molecule has 1 radical (unpaired) electrons. The standard InChI is InChI=1S/C9H13O2/c1-11-9(10)5-3-2-4-8-6-7-8/h6-7H,2-5H2,1H3. The molecule has 0 atom stereocenters. The van der Waals surface area contributed by atoms with Crippen molar-refractivity contribution in [1.82, 2.24) is 0 Å². The summed E-state index contributed by atoms with van der Waals surface area (Å²) in [6, 6.07) is 0. The Bertz CT molecular complexity index is 170. The van der Waals surface area contributed by atoms with E-state index in [2.05, 4.69) is 17.2 Å². The van der Waals surface area contributed by atoms with Gasteiger partial charge in [0, 0.05) is 12.8 Å². The number of hydrogen-bond acceptors (Lipinski definition) is 2. The molecule has 0 spiro atoms. The quantitative estimate of drug-likeness (QED) is 0.445. The number of rotatable bonds is 5. The minimum absolute atomic E-state index is 0.0984. The Morgan fingerprint density at radius 3 is 2.82 bits per heavy atom. The van der Waals surface area contributed by atoms with E-state index >= 15 is 0 Å². The highest BCUT2D eigenvalue weighted by molar-refractivity contribution is 5.68. The second-order valence-electron chi connectivity index (χ2n) is 2.69. The molecule has 0 bridgehead atoms. The van der Waals surface area contributed by atoms with Gasteiger partial charge in [0.1, 0.15) is 0 Å². The normalized spacial score (nSPS) is 14.1. The van der Waals surface area contributed by atoms with E-state index in [0.717, 1.165) is 19.3 Å². The lowest BCUT2D eigenvalue weighted by Gasteiger charge is -1.96. The van der Waals surface area contributed by atoms with Crippen LogP contribution in [0.5, 0.6) is 0 Å². The number of allylic oxidation sites excluding steroid dienone is 2. The predicted octanol–water partition coefficient (Wildman–Crippen LogP) is 1.86. The lowest BCUT2D eigenvalue weighted by molar-refractivity contribution is -0.140. The average Bonchev–Trinajstić information content (AvgIpc) is 2.81. The molecule has 0 unspecified atom stereocenters. The second kappa shape index (κ2) is 4.16. The highest BCUT2D eigenvalue weighted by Crippen LogP contribution is 2.23. The van der Waals surface area contributed by atoms with Crippen LogP contribution < -0.4 is 0 Å². The Labute approximate surface area is 67.2 Å². The van der Waals surface area contributed by atoms with E-state index in [-0.39, 0.29) is 5.97 Å². The van der Waals surface area contributed by atoms with Crippen LogP contribution in [-0.4, -0.2) is 13.1 Å². The molecule has 0 heterocycles. The molecule has 0 saturated heterocycles. The fraction of sp³-hybridized carbons (Fsp3) is 0.556. The maximum atomic E-state index is 10.6. The van der Waals surface area contributed by atoms with Gasteiger partial charge in [-0.25, -0.2) is 0 Å². The van der Waals surface area contributed by atoms with Gasteiger partial charge < -0.3 is 4.74 Å². The zero-order valence-corrected chi connectivity index (χ0v) is 6.80. The maximum absolute atomic E-state index is 10.6.